The first-order valence-electron chi connectivity index (χ1n) is 12.1. The predicted molar refractivity (Wildman–Crippen MR) is 129 cm³/mol. The summed E-state index contributed by atoms with van der Waals surface area (Å²) in [6.45, 7) is 8.83. The van der Waals surface area contributed by atoms with E-state index in [1.165, 1.54) is 27.8 Å². The van der Waals surface area contributed by atoms with Gasteiger partial charge in [-0.1, -0.05) is 54.6 Å². The Morgan fingerprint density at radius 3 is 2.23 bits per heavy atom. The molecule has 1 aliphatic heterocycles. The van der Waals surface area contributed by atoms with Crippen LogP contribution in [-0.2, 0) is 17.6 Å². The number of nitrogens with zero attached hydrogens (tertiary/aromatic N) is 2. The van der Waals surface area contributed by atoms with Gasteiger partial charge in [0.15, 0.2) is 0 Å². The number of carbonyl (C=O) groups excluding carboxylic acids is 1. The topological polar surface area (TPSA) is 23.6 Å². The van der Waals surface area contributed by atoms with Crippen LogP contribution < -0.4 is 0 Å². The summed E-state index contributed by atoms with van der Waals surface area (Å²) in [6.07, 6.45) is 7.83. The van der Waals surface area contributed by atoms with Crippen LogP contribution in [0.5, 0.6) is 0 Å². The Morgan fingerprint density at radius 1 is 1.00 bits per heavy atom. The molecule has 1 saturated heterocycles. The first-order valence-corrected chi connectivity index (χ1v) is 12.1. The summed E-state index contributed by atoms with van der Waals surface area (Å²) >= 11 is 0. The zero-order valence-corrected chi connectivity index (χ0v) is 19.1. The average molecular weight is 417 g/mol. The molecule has 1 heterocycles. The minimum absolute atomic E-state index is 0.167. The number of hydrogen-bond donors (Lipinski definition) is 0. The summed E-state index contributed by atoms with van der Waals surface area (Å²) in [5.41, 5.74) is 7.07. The van der Waals surface area contributed by atoms with Crippen LogP contribution in [0.4, 0.5) is 0 Å². The Morgan fingerprint density at radius 2 is 1.61 bits per heavy atom. The van der Waals surface area contributed by atoms with Crippen molar-refractivity contribution in [1.82, 2.24) is 9.80 Å². The average Bonchev–Trinajstić information content (AvgIpc) is 2.97. The number of carbonyl (C=O) groups is 1. The molecule has 2 aliphatic rings. The van der Waals surface area contributed by atoms with Gasteiger partial charge < -0.3 is 9.80 Å². The molecule has 31 heavy (non-hydrogen) atoms. The number of piperidine rings is 1. The van der Waals surface area contributed by atoms with Crippen LogP contribution in [0, 0.1) is 5.92 Å². The van der Waals surface area contributed by atoms with E-state index in [0.717, 1.165) is 64.8 Å². The van der Waals surface area contributed by atoms with E-state index >= 15 is 0 Å². The maximum absolute atomic E-state index is 12.8. The Kier molecular flexibility index (Phi) is 7.24. The van der Waals surface area contributed by atoms with E-state index in [-0.39, 0.29) is 5.92 Å². The summed E-state index contributed by atoms with van der Waals surface area (Å²) in [4.78, 5) is 17.3. The van der Waals surface area contributed by atoms with Crippen molar-refractivity contribution in [2.45, 2.75) is 46.0 Å². The molecule has 1 aliphatic carbocycles. The second-order valence-corrected chi connectivity index (χ2v) is 8.87. The van der Waals surface area contributed by atoms with Gasteiger partial charge >= 0.3 is 0 Å². The van der Waals surface area contributed by atoms with Gasteiger partial charge in [-0.15, -0.1) is 0 Å². The lowest BCUT2D eigenvalue weighted by Gasteiger charge is -2.34. The Balaban J connectivity index is 1.48. The fourth-order valence-corrected chi connectivity index (χ4v) is 5.28. The first-order chi connectivity index (χ1) is 15.2. The standard InChI is InChI=1S/C28H36N2O/c1-3-30(4-2)28(31)24-13-9-19-29(21-24)20-10-16-27-25-14-7-5-11-22(25)17-18-23-12-6-8-15-26(23)27/h5-8,11-12,14-16,24H,3-4,9-10,13,17-21H2,1-2H3. The molecule has 2 aromatic carbocycles. The van der Waals surface area contributed by atoms with Crippen LogP contribution in [0.15, 0.2) is 54.6 Å². The lowest BCUT2D eigenvalue weighted by molar-refractivity contribution is -0.136. The highest BCUT2D eigenvalue weighted by molar-refractivity contribution is 5.84. The van der Waals surface area contributed by atoms with Crippen LogP contribution in [0.2, 0.25) is 0 Å². The zero-order chi connectivity index (χ0) is 21.6. The van der Waals surface area contributed by atoms with E-state index in [2.05, 4.69) is 73.4 Å². The van der Waals surface area contributed by atoms with Crippen LogP contribution in [-0.4, -0.2) is 48.4 Å². The normalized spacial score (nSPS) is 18.6. The molecule has 4 rings (SSSR count). The van der Waals surface area contributed by atoms with Crippen molar-refractivity contribution in [3.8, 4) is 0 Å². The van der Waals surface area contributed by atoms with Gasteiger partial charge in [-0.3, -0.25) is 4.79 Å². The molecule has 3 heteroatoms. The monoisotopic (exact) mass is 416 g/mol. The molecule has 1 amide bonds. The van der Waals surface area contributed by atoms with Crippen molar-refractivity contribution < 1.29 is 4.79 Å². The van der Waals surface area contributed by atoms with Gasteiger partial charge in [0, 0.05) is 26.2 Å². The van der Waals surface area contributed by atoms with Gasteiger partial charge in [-0.05, 0) is 80.3 Å². The number of rotatable bonds is 6. The minimum atomic E-state index is 0.167. The maximum Gasteiger partial charge on any atom is 0.226 e. The summed E-state index contributed by atoms with van der Waals surface area (Å²) in [6, 6.07) is 17.8. The number of likely N-dealkylation sites (tertiary alicyclic amines) is 1. The van der Waals surface area contributed by atoms with Crippen molar-refractivity contribution in [1.29, 1.82) is 0 Å². The second-order valence-electron chi connectivity index (χ2n) is 8.87. The maximum atomic E-state index is 12.8. The van der Waals surface area contributed by atoms with E-state index in [1.54, 1.807) is 0 Å². The predicted octanol–water partition coefficient (Wildman–Crippen LogP) is 5.19. The molecule has 0 N–H and O–H groups in total. The molecule has 3 nitrogen and oxygen atoms in total. The lowest BCUT2D eigenvalue weighted by atomic mass is 9.93. The van der Waals surface area contributed by atoms with Gasteiger partial charge in [0.1, 0.15) is 0 Å². The Bertz CT molecular complexity index is 879. The summed E-state index contributed by atoms with van der Waals surface area (Å²) in [5.74, 6) is 0.514. The van der Waals surface area contributed by atoms with Crippen molar-refractivity contribution >= 4 is 11.5 Å². The molecule has 0 bridgehead atoms. The number of benzene rings is 2. The molecule has 0 spiro atoms. The summed E-state index contributed by atoms with van der Waals surface area (Å²) < 4.78 is 0. The van der Waals surface area contributed by atoms with Gasteiger partial charge in [-0.2, -0.15) is 0 Å². The van der Waals surface area contributed by atoms with Crippen molar-refractivity contribution in [2.75, 3.05) is 32.7 Å². The number of fused-ring (bicyclic) bond motifs is 2. The molecule has 1 unspecified atom stereocenters. The quantitative estimate of drug-likeness (QED) is 0.647. The van der Waals surface area contributed by atoms with Gasteiger partial charge in [0.05, 0.1) is 5.92 Å². The summed E-state index contributed by atoms with van der Waals surface area (Å²) in [5, 5.41) is 0. The van der Waals surface area contributed by atoms with Gasteiger partial charge in [0.2, 0.25) is 5.91 Å². The number of amides is 1. The van der Waals surface area contributed by atoms with Crippen LogP contribution in [0.3, 0.4) is 0 Å². The molecule has 1 atom stereocenters. The largest absolute Gasteiger partial charge is 0.343 e. The van der Waals surface area contributed by atoms with E-state index in [4.69, 9.17) is 0 Å². The molecule has 0 saturated carbocycles. The number of hydrogen-bond acceptors (Lipinski definition) is 2. The smallest absolute Gasteiger partial charge is 0.226 e. The van der Waals surface area contributed by atoms with Crippen molar-refractivity contribution in [3.05, 3.63) is 76.9 Å². The fraction of sp³-hybridized carbons (Fsp3) is 0.464. The SMILES string of the molecule is CCN(CC)C(=O)C1CCCN(CCC=C2c3ccccc3CCc3ccccc32)C1. The second kappa shape index (κ2) is 10.3. The number of aryl methyl sites for hydroxylation is 2. The molecular formula is C28H36N2O. The molecular weight excluding hydrogens is 380 g/mol. The van der Waals surface area contributed by atoms with Crippen LogP contribution >= 0.6 is 0 Å². The first kappa shape index (κ1) is 21.8. The minimum Gasteiger partial charge on any atom is -0.343 e. The van der Waals surface area contributed by atoms with Crippen LogP contribution in [0.25, 0.3) is 5.57 Å². The molecule has 2 aromatic rings. The molecule has 164 valence electrons. The van der Waals surface area contributed by atoms with Crippen molar-refractivity contribution in [3.63, 3.8) is 0 Å². The van der Waals surface area contributed by atoms with E-state index in [1.807, 2.05) is 4.90 Å². The molecule has 0 radical (unpaired) electrons. The van der Waals surface area contributed by atoms with E-state index in [0.29, 0.717) is 5.91 Å². The van der Waals surface area contributed by atoms with Gasteiger partial charge in [0.25, 0.3) is 0 Å². The van der Waals surface area contributed by atoms with E-state index in [9.17, 15) is 4.79 Å². The third kappa shape index (κ3) is 4.93. The fourth-order valence-electron chi connectivity index (χ4n) is 5.28. The third-order valence-electron chi connectivity index (χ3n) is 7.00. The van der Waals surface area contributed by atoms with E-state index < -0.39 is 0 Å². The third-order valence-corrected chi connectivity index (χ3v) is 7.00. The lowest BCUT2D eigenvalue weighted by Crippen LogP contribution is -2.44. The highest BCUT2D eigenvalue weighted by Crippen LogP contribution is 2.33. The van der Waals surface area contributed by atoms with Crippen molar-refractivity contribution in [2.24, 2.45) is 5.92 Å². The highest BCUT2D eigenvalue weighted by Gasteiger charge is 2.28. The Hall–Kier alpha value is -2.39. The molecule has 1 fully saturated rings. The molecule has 0 aromatic heterocycles. The Labute approximate surface area is 187 Å². The summed E-state index contributed by atoms with van der Waals surface area (Å²) in [7, 11) is 0. The zero-order valence-electron chi connectivity index (χ0n) is 19.1. The van der Waals surface area contributed by atoms with Crippen LogP contribution in [0.1, 0.15) is 55.4 Å². The highest BCUT2D eigenvalue weighted by atomic mass is 16.2. The van der Waals surface area contributed by atoms with Gasteiger partial charge in [-0.25, -0.2) is 0 Å².